The minimum Gasteiger partial charge on any atom is -0.370 e. The number of carbonyl (C=O) groups is 1. The van der Waals surface area contributed by atoms with E-state index in [2.05, 4.69) is 4.99 Å². The predicted octanol–water partition coefficient (Wildman–Crippen LogP) is 2.51. The molecule has 0 aliphatic carbocycles. The van der Waals surface area contributed by atoms with Crippen molar-refractivity contribution < 1.29 is 13.2 Å². The van der Waals surface area contributed by atoms with E-state index in [1.807, 2.05) is 37.3 Å². The van der Waals surface area contributed by atoms with Gasteiger partial charge in [0.15, 0.2) is 15.8 Å². The molecule has 1 amide bonds. The first-order valence-corrected chi connectivity index (χ1v) is 10.2. The summed E-state index contributed by atoms with van der Waals surface area (Å²) in [5, 5.41) is 0. The number of aliphatic imine (C=N–C) groups is 1. The van der Waals surface area contributed by atoms with Crippen LogP contribution in [0.25, 0.3) is 11.1 Å². The minimum atomic E-state index is -3.57. The van der Waals surface area contributed by atoms with Crippen molar-refractivity contribution in [1.82, 2.24) is 0 Å². The molecular weight excluding hydrogens is 350 g/mol. The molecule has 2 aromatic rings. The summed E-state index contributed by atoms with van der Waals surface area (Å²) >= 11 is 0. The largest absolute Gasteiger partial charge is 0.370 e. The molecule has 7 heteroatoms. The standard InChI is InChI=1S/C19H23N3O3S/c1-3-4-8-14-11-15(13-9-6-5-7-10-13)17(26(2,24)25)12-16(14)18(23)22-19(20)21/h5-7,9-12H,3-4,8H2,1-2H3,(H4,20,21,22,23). The van der Waals surface area contributed by atoms with Crippen LogP contribution in [0.2, 0.25) is 0 Å². The fourth-order valence-electron chi connectivity index (χ4n) is 2.73. The van der Waals surface area contributed by atoms with Gasteiger partial charge in [-0.2, -0.15) is 4.99 Å². The van der Waals surface area contributed by atoms with E-state index in [1.165, 1.54) is 6.07 Å². The maximum absolute atomic E-state index is 12.4. The summed E-state index contributed by atoms with van der Waals surface area (Å²) in [6.07, 6.45) is 3.54. The number of guanidine groups is 1. The Morgan fingerprint density at radius 2 is 1.77 bits per heavy atom. The maximum Gasteiger partial charge on any atom is 0.280 e. The number of nitrogens with zero attached hydrogens (tertiary/aromatic N) is 1. The van der Waals surface area contributed by atoms with Gasteiger partial charge in [-0.1, -0.05) is 43.7 Å². The van der Waals surface area contributed by atoms with Gasteiger partial charge >= 0.3 is 0 Å². The second-order valence-electron chi connectivity index (χ2n) is 6.09. The molecule has 0 aliphatic rings. The Kier molecular flexibility index (Phi) is 6.15. The summed E-state index contributed by atoms with van der Waals surface area (Å²) in [7, 11) is -3.57. The van der Waals surface area contributed by atoms with Crippen molar-refractivity contribution in [2.45, 2.75) is 31.1 Å². The van der Waals surface area contributed by atoms with Gasteiger partial charge in [0.1, 0.15) is 0 Å². The van der Waals surface area contributed by atoms with Gasteiger partial charge in [-0.3, -0.25) is 4.79 Å². The van der Waals surface area contributed by atoms with Crippen LogP contribution in [-0.2, 0) is 16.3 Å². The van der Waals surface area contributed by atoms with Crippen molar-refractivity contribution >= 4 is 21.7 Å². The SMILES string of the molecule is CCCCc1cc(-c2ccccc2)c(S(C)(=O)=O)cc1C(=O)N=C(N)N. The molecule has 4 N–H and O–H groups in total. The summed E-state index contributed by atoms with van der Waals surface area (Å²) in [6.45, 7) is 2.04. The number of hydrogen-bond acceptors (Lipinski definition) is 3. The molecule has 0 aromatic heterocycles. The molecule has 138 valence electrons. The highest BCUT2D eigenvalue weighted by Gasteiger charge is 2.21. The van der Waals surface area contributed by atoms with Gasteiger partial charge < -0.3 is 11.5 Å². The fraction of sp³-hybridized carbons (Fsp3) is 0.263. The summed E-state index contributed by atoms with van der Waals surface area (Å²) in [5.41, 5.74) is 12.9. The third-order valence-electron chi connectivity index (χ3n) is 3.95. The van der Waals surface area contributed by atoms with Crippen molar-refractivity contribution in [2.24, 2.45) is 16.5 Å². The van der Waals surface area contributed by atoms with E-state index in [0.29, 0.717) is 12.0 Å². The van der Waals surface area contributed by atoms with Crippen molar-refractivity contribution in [1.29, 1.82) is 0 Å². The fourth-order valence-corrected chi connectivity index (χ4v) is 3.63. The highest BCUT2D eigenvalue weighted by Crippen LogP contribution is 2.31. The van der Waals surface area contributed by atoms with Crippen LogP contribution in [0.1, 0.15) is 35.7 Å². The predicted molar refractivity (Wildman–Crippen MR) is 104 cm³/mol. The van der Waals surface area contributed by atoms with Gasteiger partial charge in [-0.05, 0) is 36.1 Å². The number of hydrogen-bond donors (Lipinski definition) is 2. The molecule has 0 aliphatic heterocycles. The Bertz CT molecular complexity index is 932. The number of rotatable bonds is 6. The van der Waals surface area contributed by atoms with E-state index in [-0.39, 0.29) is 16.4 Å². The monoisotopic (exact) mass is 373 g/mol. The van der Waals surface area contributed by atoms with Crippen LogP contribution in [0.15, 0.2) is 52.4 Å². The lowest BCUT2D eigenvalue weighted by molar-refractivity contribution is 0.100. The molecule has 0 spiro atoms. The molecule has 0 saturated carbocycles. The summed E-state index contributed by atoms with van der Waals surface area (Å²) in [4.78, 5) is 16.1. The highest BCUT2D eigenvalue weighted by molar-refractivity contribution is 7.90. The number of unbranched alkanes of at least 4 members (excludes halogenated alkanes) is 1. The van der Waals surface area contributed by atoms with Crippen LogP contribution in [0, 0.1) is 0 Å². The molecule has 0 heterocycles. The Balaban J connectivity index is 2.77. The Morgan fingerprint density at radius 1 is 1.12 bits per heavy atom. The zero-order chi connectivity index (χ0) is 19.3. The summed E-state index contributed by atoms with van der Waals surface area (Å²) in [5.74, 6) is -0.995. The zero-order valence-corrected chi connectivity index (χ0v) is 15.7. The number of nitrogens with two attached hydrogens (primary N) is 2. The van der Waals surface area contributed by atoms with Crippen LogP contribution >= 0.6 is 0 Å². The van der Waals surface area contributed by atoms with Crippen LogP contribution in [0.5, 0.6) is 0 Å². The molecular formula is C19H23N3O3S. The number of amides is 1. The second-order valence-corrected chi connectivity index (χ2v) is 8.07. The first-order chi connectivity index (χ1) is 12.2. The van der Waals surface area contributed by atoms with Gasteiger partial charge in [-0.15, -0.1) is 0 Å². The highest BCUT2D eigenvalue weighted by atomic mass is 32.2. The molecule has 2 rings (SSSR count). The normalized spacial score (nSPS) is 11.2. The van der Waals surface area contributed by atoms with E-state index in [0.717, 1.165) is 30.2 Å². The van der Waals surface area contributed by atoms with Gasteiger partial charge in [0, 0.05) is 17.4 Å². The Hall–Kier alpha value is -2.67. The number of benzene rings is 2. The summed E-state index contributed by atoms with van der Waals surface area (Å²) in [6, 6.07) is 12.4. The maximum atomic E-state index is 12.4. The zero-order valence-electron chi connectivity index (χ0n) is 14.9. The van der Waals surface area contributed by atoms with Crippen molar-refractivity contribution in [3.63, 3.8) is 0 Å². The van der Waals surface area contributed by atoms with Gasteiger partial charge in [0.25, 0.3) is 5.91 Å². The molecule has 0 atom stereocenters. The third kappa shape index (κ3) is 4.70. The lowest BCUT2D eigenvalue weighted by atomic mass is 9.95. The number of aryl methyl sites for hydroxylation is 1. The molecule has 2 aromatic carbocycles. The second kappa shape index (κ2) is 8.14. The van der Waals surface area contributed by atoms with Gasteiger partial charge in [-0.25, -0.2) is 8.42 Å². The average molecular weight is 373 g/mol. The smallest absolute Gasteiger partial charge is 0.280 e. The van der Waals surface area contributed by atoms with Crippen LogP contribution in [0.3, 0.4) is 0 Å². The van der Waals surface area contributed by atoms with E-state index in [4.69, 9.17) is 11.5 Å². The quantitative estimate of drug-likeness (QED) is 0.596. The van der Waals surface area contributed by atoms with E-state index >= 15 is 0 Å². The number of sulfone groups is 1. The molecule has 0 saturated heterocycles. The summed E-state index contributed by atoms with van der Waals surface area (Å²) < 4.78 is 24.7. The Morgan fingerprint density at radius 3 is 2.31 bits per heavy atom. The minimum absolute atomic E-state index is 0.0816. The number of carbonyl (C=O) groups excluding carboxylic acids is 1. The first-order valence-electron chi connectivity index (χ1n) is 8.30. The van der Waals surface area contributed by atoms with Crippen LogP contribution in [-0.4, -0.2) is 26.5 Å². The van der Waals surface area contributed by atoms with Crippen molar-refractivity contribution in [2.75, 3.05) is 6.26 Å². The molecule has 6 nitrogen and oxygen atoms in total. The first kappa shape index (κ1) is 19.7. The van der Waals surface area contributed by atoms with E-state index in [1.54, 1.807) is 6.07 Å². The molecule has 0 bridgehead atoms. The lowest BCUT2D eigenvalue weighted by Crippen LogP contribution is -2.24. The van der Waals surface area contributed by atoms with Gasteiger partial charge in [0.2, 0.25) is 0 Å². The Labute approximate surface area is 153 Å². The lowest BCUT2D eigenvalue weighted by Gasteiger charge is -2.14. The molecule has 26 heavy (non-hydrogen) atoms. The molecule has 0 fully saturated rings. The molecule has 0 unspecified atom stereocenters. The van der Waals surface area contributed by atoms with E-state index in [9.17, 15) is 13.2 Å². The van der Waals surface area contributed by atoms with E-state index < -0.39 is 15.7 Å². The molecule has 0 radical (unpaired) electrons. The average Bonchev–Trinajstić information content (AvgIpc) is 2.58. The topological polar surface area (TPSA) is 116 Å². The third-order valence-corrected chi connectivity index (χ3v) is 5.09. The van der Waals surface area contributed by atoms with Crippen molar-refractivity contribution in [3.05, 3.63) is 53.6 Å². The van der Waals surface area contributed by atoms with Crippen molar-refractivity contribution in [3.8, 4) is 11.1 Å². The van der Waals surface area contributed by atoms with Crippen LogP contribution < -0.4 is 11.5 Å². The van der Waals surface area contributed by atoms with Crippen LogP contribution in [0.4, 0.5) is 0 Å². The van der Waals surface area contributed by atoms with Gasteiger partial charge in [0.05, 0.1) is 4.90 Å².